The highest BCUT2D eigenvalue weighted by atomic mass is 35.5. The summed E-state index contributed by atoms with van der Waals surface area (Å²) < 4.78 is 4.96. The molecule has 0 aliphatic rings. The van der Waals surface area contributed by atoms with Gasteiger partial charge in [0, 0.05) is 10.7 Å². The average molecular weight is 404 g/mol. The summed E-state index contributed by atoms with van der Waals surface area (Å²) in [4.78, 5) is 28.5. The van der Waals surface area contributed by atoms with Crippen LogP contribution in [0, 0.1) is 25.2 Å². The number of pyridine rings is 1. The van der Waals surface area contributed by atoms with Gasteiger partial charge in [0.25, 0.3) is 0 Å². The fourth-order valence-electron chi connectivity index (χ4n) is 2.25. The van der Waals surface area contributed by atoms with E-state index in [1.807, 2.05) is 13.0 Å². The summed E-state index contributed by atoms with van der Waals surface area (Å²) in [5.74, 6) is -0.709. The molecule has 0 saturated carbocycles. The number of carbonyl (C=O) groups is 2. The number of nitrogens with one attached hydrogen (secondary N) is 1. The molecule has 1 amide bonds. The van der Waals surface area contributed by atoms with Gasteiger partial charge >= 0.3 is 5.97 Å². The second kappa shape index (κ2) is 9.40. The van der Waals surface area contributed by atoms with Crippen molar-refractivity contribution in [2.45, 2.75) is 25.8 Å². The number of nitrogens with zero attached hydrogens (tertiary/aromatic N) is 2. The lowest BCUT2D eigenvalue weighted by Crippen LogP contribution is -2.15. The molecule has 0 atom stereocenters. The van der Waals surface area contributed by atoms with E-state index in [0.717, 1.165) is 17.3 Å². The summed E-state index contributed by atoms with van der Waals surface area (Å²) in [6, 6.07) is 8.72. The van der Waals surface area contributed by atoms with Crippen LogP contribution in [-0.2, 0) is 9.53 Å². The van der Waals surface area contributed by atoms with Gasteiger partial charge in [-0.2, -0.15) is 5.26 Å². The SMILES string of the molecule is CCOC(=O)c1cc(C#N)c(SCC(=O)Nc2cccc(Cl)c2C)nc1C. The lowest BCUT2D eigenvalue weighted by molar-refractivity contribution is -0.113. The Balaban J connectivity index is 2.12. The monoisotopic (exact) mass is 403 g/mol. The first-order chi connectivity index (χ1) is 12.9. The number of anilines is 1. The third kappa shape index (κ3) is 5.22. The smallest absolute Gasteiger partial charge is 0.340 e. The maximum Gasteiger partial charge on any atom is 0.340 e. The molecular weight excluding hydrogens is 386 g/mol. The molecule has 0 unspecified atom stereocenters. The van der Waals surface area contributed by atoms with Gasteiger partial charge in [-0.1, -0.05) is 29.4 Å². The number of hydrogen-bond donors (Lipinski definition) is 1. The molecule has 1 N–H and O–H groups in total. The Bertz CT molecular complexity index is 925. The average Bonchev–Trinajstić information content (AvgIpc) is 2.64. The molecule has 0 radical (unpaired) electrons. The molecule has 140 valence electrons. The molecule has 0 spiro atoms. The van der Waals surface area contributed by atoms with E-state index in [-0.39, 0.29) is 29.4 Å². The van der Waals surface area contributed by atoms with E-state index in [2.05, 4.69) is 10.3 Å². The van der Waals surface area contributed by atoms with Gasteiger partial charge in [0.1, 0.15) is 11.1 Å². The Morgan fingerprint density at radius 2 is 2.11 bits per heavy atom. The number of ether oxygens (including phenoxy) is 1. The number of benzene rings is 1. The van der Waals surface area contributed by atoms with Crippen molar-refractivity contribution < 1.29 is 14.3 Å². The topological polar surface area (TPSA) is 92.1 Å². The number of rotatable bonds is 6. The Hall–Kier alpha value is -2.56. The third-order valence-corrected chi connectivity index (χ3v) is 5.08. The lowest BCUT2D eigenvalue weighted by Gasteiger charge is -2.11. The summed E-state index contributed by atoms with van der Waals surface area (Å²) >= 11 is 7.18. The molecule has 2 rings (SSSR count). The van der Waals surface area contributed by atoms with Crippen molar-refractivity contribution in [2.75, 3.05) is 17.7 Å². The molecule has 8 heteroatoms. The van der Waals surface area contributed by atoms with Gasteiger partial charge < -0.3 is 10.1 Å². The van der Waals surface area contributed by atoms with Crippen LogP contribution in [0.15, 0.2) is 29.3 Å². The Morgan fingerprint density at radius 3 is 2.78 bits per heavy atom. The molecule has 1 aromatic heterocycles. The minimum Gasteiger partial charge on any atom is -0.462 e. The van der Waals surface area contributed by atoms with Crippen LogP contribution in [-0.4, -0.2) is 29.2 Å². The van der Waals surface area contributed by atoms with Gasteiger partial charge in [0.2, 0.25) is 5.91 Å². The van der Waals surface area contributed by atoms with Crippen molar-refractivity contribution in [2.24, 2.45) is 0 Å². The Morgan fingerprint density at radius 1 is 1.37 bits per heavy atom. The van der Waals surface area contributed by atoms with Crippen LogP contribution >= 0.6 is 23.4 Å². The summed E-state index contributed by atoms with van der Waals surface area (Å²) in [6.45, 7) is 5.42. The summed E-state index contributed by atoms with van der Waals surface area (Å²) in [6.07, 6.45) is 0. The highest BCUT2D eigenvalue weighted by Crippen LogP contribution is 2.25. The van der Waals surface area contributed by atoms with Crippen LogP contribution in [0.5, 0.6) is 0 Å². The van der Waals surface area contributed by atoms with Crippen molar-refractivity contribution >= 4 is 40.9 Å². The summed E-state index contributed by atoms with van der Waals surface area (Å²) in [5.41, 5.74) is 2.33. The van der Waals surface area contributed by atoms with Crippen molar-refractivity contribution in [3.8, 4) is 6.07 Å². The molecule has 0 bridgehead atoms. The maximum atomic E-state index is 12.2. The quantitative estimate of drug-likeness (QED) is 0.575. The first-order valence-electron chi connectivity index (χ1n) is 8.14. The molecule has 1 heterocycles. The van der Waals surface area contributed by atoms with Gasteiger partial charge in [-0.15, -0.1) is 0 Å². The highest BCUT2D eigenvalue weighted by molar-refractivity contribution is 8.00. The lowest BCUT2D eigenvalue weighted by atomic mass is 10.1. The van der Waals surface area contributed by atoms with Crippen LogP contribution in [0.1, 0.15) is 34.1 Å². The van der Waals surface area contributed by atoms with Crippen molar-refractivity contribution in [1.29, 1.82) is 5.26 Å². The number of carbonyl (C=O) groups excluding carboxylic acids is 2. The van der Waals surface area contributed by atoms with Gasteiger partial charge in [0.15, 0.2) is 0 Å². The molecule has 27 heavy (non-hydrogen) atoms. The predicted molar refractivity (Wildman–Crippen MR) is 105 cm³/mol. The minimum absolute atomic E-state index is 0.0613. The summed E-state index contributed by atoms with van der Waals surface area (Å²) in [7, 11) is 0. The standard InChI is InChI=1S/C19H18ClN3O3S/c1-4-26-19(25)14-8-13(9-21)18(22-12(14)3)27-10-17(24)23-16-7-5-6-15(20)11(16)2/h5-8H,4,10H2,1-3H3,(H,23,24). The van der Waals surface area contributed by atoms with E-state index in [4.69, 9.17) is 16.3 Å². The van der Waals surface area contributed by atoms with E-state index in [9.17, 15) is 14.9 Å². The molecule has 0 aliphatic carbocycles. The molecule has 0 fully saturated rings. The molecule has 0 saturated heterocycles. The second-order valence-corrected chi connectivity index (χ2v) is 6.93. The zero-order valence-corrected chi connectivity index (χ0v) is 16.7. The van der Waals surface area contributed by atoms with E-state index in [0.29, 0.717) is 21.4 Å². The van der Waals surface area contributed by atoms with E-state index >= 15 is 0 Å². The zero-order chi connectivity index (χ0) is 20.0. The van der Waals surface area contributed by atoms with Gasteiger partial charge in [0.05, 0.1) is 29.2 Å². The van der Waals surface area contributed by atoms with Gasteiger partial charge in [-0.3, -0.25) is 4.79 Å². The Kier molecular flexibility index (Phi) is 7.22. The molecule has 0 aliphatic heterocycles. The fraction of sp³-hybridized carbons (Fsp3) is 0.263. The predicted octanol–water partition coefficient (Wildman–Crippen LogP) is 4.13. The fourth-order valence-corrected chi connectivity index (χ4v) is 3.23. The van der Waals surface area contributed by atoms with Crippen molar-refractivity contribution in [3.63, 3.8) is 0 Å². The van der Waals surface area contributed by atoms with E-state index in [1.54, 1.807) is 32.0 Å². The van der Waals surface area contributed by atoms with E-state index in [1.165, 1.54) is 6.07 Å². The minimum atomic E-state index is -0.523. The normalized spacial score (nSPS) is 10.2. The second-order valence-electron chi connectivity index (χ2n) is 5.56. The Labute approximate surface area is 166 Å². The van der Waals surface area contributed by atoms with Crippen molar-refractivity contribution in [3.05, 3.63) is 51.7 Å². The molecule has 2 aromatic rings. The number of aryl methyl sites for hydroxylation is 1. The van der Waals surface area contributed by atoms with Gasteiger partial charge in [-0.05, 0) is 44.5 Å². The van der Waals surface area contributed by atoms with Crippen molar-refractivity contribution in [1.82, 2.24) is 4.98 Å². The largest absolute Gasteiger partial charge is 0.462 e. The highest BCUT2D eigenvalue weighted by Gasteiger charge is 2.17. The first-order valence-corrected chi connectivity index (χ1v) is 9.50. The summed E-state index contributed by atoms with van der Waals surface area (Å²) in [5, 5.41) is 13.1. The maximum absolute atomic E-state index is 12.2. The first kappa shape index (κ1) is 20.7. The number of amides is 1. The zero-order valence-electron chi connectivity index (χ0n) is 15.1. The van der Waals surface area contributed by atoms with Crippen LogP contribution in [0.3, 0.4) is 0 Å². The number of thioether (sulfide) groups is 1. The van der Waals surface area contributed by atoms with Crippen LogP contribution in [0.25, 0.3) is 0 Å². The van der Waals surface area contributed by atoms with E-state index < -0.39 is 5.97 Å². The van der Waals surface area contributed by atoms with Crippen LogP contribution in [0.2, 0.25) is 5.02 Å². The number of halogens is 1. The number of aromatic nitrogens is 1. The van der Waals surface area contributed by atoms with Crippen LogP contribution < -0.4 is 5.32 Å². The third-order valence-electron chi connectivity index (χ3n) is 3.68. The number of hydrogen-bond acceptors (Lipinski definition) is 6. The van der Waals surface area contributed by atoms with Gasteiger partial charge in [-0.25, -0.2) is 9.78 Å². The number of esters is 1. The molecule has 1 aromatic carbocycles. The van der Waals surface area contributed by atoms with Crippen LogP contribution in [0.4, 0.5) is 5.69 Å². The molecular formula is C19H18ClN3O3S. The molecule has 6 nitrogen and oxygen atoms in total. The number of nitriles is 1.